The van der Waals surface area contributed by atoms with Gasteiger partial charge < -0.3 is 10.4 Å². The minimum atomic E-state index is -0.969. The third-order valence-electron chi connectivity index (χ3n) is 1.89. The normalized spacial score (nSPS) is 9.65. The Labute approximate surface area is 104 Å². The van der Waals surface area contributed by atoms with Gasteiger partial charge in [-0.15, -0.1) is 18.3 Å². The summed E-state index contributed by atoms with van der Waals surface area (Å²) in [5, 5.41) is 11.4. The number of rotatable bonds is 6. The minimum Gasteiger partial charge on any atom is -0.478 e. The first-order chi connectivity index (χ1) is 8.13. The number of hydrogen-bond acceptors (Lipinski definition) is 3. The second-order valence-corrected chi connectivity index (χ2v) is 4.26. The topological polar surface area (TPSA) is 66.4 Å². The molecule has 0 aliphatic heterocycles. The highest BCUT2D eigenvalue weighted by molar-refractivity contribution is 8.00. The van der Waals surface area contributed by atoms with Gasteiger partial charge in [0, 0.05) is 11.4 Å². The predicted octanol–water partition coefficient (Wildman–Crippen LogP) is 1.78. The fourth-order valence-electron chi connectivity index (χ4n) is 1.10. The Morgan fingerprint density at radius 1 is 1.47 bits per heavy atom. The summed E-state index contributed by atoms with van der Waals surface area (Å²) in [5.41, 5.74) is 0.224. The molecule has 17 heavy (non-hydrogen) atoms. The number of benzene rings is 1. The first kappa shape index (κ1) is 13.3. The molecule has 90 valence electrons. The molecule has 0 aliphatic carbocycles. The Kier molecular flexibility index (Phi) is 5.29. The van der Waals surface area contributed by atoms with Crippen LogP contribution in [0.25, 0.3) is 0 Å². The van der Waals surface area contributed by atoms with Crippen LogP contribution in [-0.2, 0) is 4.79 Å². The van der Waals surface area contributed by atoms with Crippen LogP contribution in [0.3, 0.4) is 0 Å². The van der Waals surface area contributed by atoms with Gasteiger partial charge in [-0.1, -0.05) is 12.1 Å². The smallest absolute Gasteiger partial charge is 0.335 e. The average Bonchev–Trinajstić information content (AvgIpc) is 2.34. The zero-order valence-electron chi connectivity index (χ0n) is 9.18. The van der Waals surface area contributed by atoms with Crippen molar-refractivity contribution in [3.8, 4) is 0 Å². The number of carbonyl (C=O) groups excluding carboxylic acids is 1. The molecule has 4 nitrogen and oxygen atoms in total. The van der Waals surface area contributed by atoms with Crippen molar-refractivity contribution < 1.29 is 14.7 Å². The van der Waals surface area contributed by atoms with Gasteiger partial charge in [-0.2, -0.15) is 0 Å². The van der Waals surface area contributed by atoms with E-state index in [1.54, 1.807) is 24.3 Å². The molecule has 1 aromatic rings. The second kappa shape index (κ2) is 6.75. The standard InChI is InChI=1S/C12H13NO3S/c1-2-6-13-11(14)8-17-10-5-3-4-9(7-10)12(15)16/h2-5,7H,1,6,8H2,(H,13,14)(H,15,16). The van der Waals surface area contributed by atoms with Gasteiger partial charge in [0.25, 0.3) is 0 Å². The van der Waals surface area contributed by atoms with Crippen LogP contribution in [0.1, 0.15) is 10.4 Å². The molecule has 0 aliphatic rings. The maximum absolute atomic E-state index is 11.3. The van der Waals surface area contributed by atoms with E-state index in [9.17, 15) is 9.59 Å². The first-order valence-corrected chi connectivity index (χ1v) is 5.96. The van der Waals surface area contributed by atoms with Gasteiger partial charge in [0.05, 0.1) is 11.3 Å². The third kappa shape index (κ3) is 4.74. The fraction of sp³-hybridized carbons (Fsp3) is 0.167. The third-order valence-corrected chi connectivity index (χ3v) is 2.89. The highest BCUT2D eigenvalue weighted by Crippen LogP contribution is 2.18. The van der Waals surface area contributed by atoms with E-state index < -0.39 is 5.97 Å². The lowest BCUT2D eigenvalue weighted by Crippen LogP contribution is -2.24. The zero-order valence-corrected chi connectivity index (χ0v) is 10.00. The number of thioether (sulfide) groups is 1. The van der Waals surface area contributed by atoms with Gasteiger partial charge in [0.15, 0.2) is 0 Å². The van der Waals surface area contributed by atoms with Crippen LogP contribution < -0.4 is 5.32 Å². The molecule has 1 aromatic carbocycles. The van der Waals surface area contributed by atoms with Crippen molar-refractivity contribution in [3.63, 3.8) is 0 Å². The second-order valence-electron chi connectivity index (χ2n) is 3.21. The lowest BCUT2D eigenvalue weighted by atomic mass is 10.2. The van der Waals surface area contributed by atoms with Gasteiger partial charge in [-0.3, -0.25) is 4.79 Å². The van der Waals surface area contributed by atoms with Gasteiger partial charge in [-0.25, -0.2) is 4.79 Å². The van der Waals surface area contributed by atoms with Crippen LogP contribution in [0.15, 0.2) is 41.8 Å². The Hall–Kier alpha value is -1.75. The molecule has 0 bridgehead atoms. The molecular formula is C12H13NO3S. The number of carboxylic acid groups (broad SMARTS) is 1. The highest BCUT2D eigenvalue weighted by atomic mass is 32.2. The van der Waals surface area contributed by atoms with Gasteiger partial charge in [0.2, 0.25) is 5.91 Å². The summed E-state index contributed by atoms with van der Waals surface area (Å²) in [6.07, 6.45) is 1.60. The van der Waals surface area contributed by atoms with Gasteiger partial charge in [0.1, 0.15) is 0 Å². The summed E-state index contributed by atoms with van der Waals surface area (Å²) in [7, 11) is 0. The SMILES string of the molecule is C=CCNC(=O)CSc1cccc(C(=O)O)c1. The van der Waals surface area contributed by atoms with E-state index in [4.69, 9.17) is 5.11 Å². The maximum Gasteiger partial charge on any atom is 0.335 e. The summed E-state index contributed by atoms with van der Waals surface area (Å²) in [4.78, 5) is 22.8. The average molecular weight is 251 g/mol. The summed E-state index contributed by atoms with van der Waals surface area (Å²) in [6, 6.07) is 6.50. The largest absolute Gasteiger partial charge is 0.478 e. The Bertz CT molecular complexity index is 432. The quantitative estimate of drug-likeness (QED) is 0.597. The molecule has 0 unspecified atom stereocenters. The highest BCUT2D eigenvalue weighted by Gasteiger charge is 2.05. The summed E-state index contributed by atoms with van der Waals surface area (Å²) < 4.78 is 0. The molecule has 0 saturated carbocycles. The number of amides is 1. The summed E-state index contributed by atoms with van der Waals surface area (Å²) >= 11 is 1.30. The van der Waals surface area contributed by atoms with Crippen LogP contribution in [-0.4, -0.2) is 29.3 Å². The molecule has 2 N–H and O–H groups in total. The molecule has 0 spiro atoms. The van der Waals surface area contributed by atoms with Gasteiger partial charge in [-0.05, 0) is 18.2 Å². The minimum absolute atomic E-state index is 0.101. The molecule has 0 saturated heterocycles. The van der Waals surface area contributed by atoms with E-state index in [0.29, 0.717) is 6.54 Å². The Morgan fingerprint density at radius 2 is 2.24 bits per heavy atom. The van der Waals surface area contributed by atoms with Crippen LogP contribution >= 0.6 is 11.8 Å². The molecule has 0 atom stereocenters. The van der Waals surface area contributed by atoms with Crippen molar-refractivity contribution in [2.75, 3.05) is 12.3 Å². The van der Waals surface area contributed by atoms with Crippen molar-refractivity contribution in [3.05, 3.63) is 42.5 Å². The van der Waals surface area contributed by atoms with Crippen LogP contribution in [0.2, 0.25) is 0 Å². The van der Waals surface area contributed by atoms with E-state index in [1.807, 2.05) is 0 Å². The number of carbonyl (C=O) groups is 2. The molecule has 0 fully saturated rings. The molecule has 5 heteroatoms. The van der Waals surface area contributed by atoms with Crippen LogP contribution in [0.4, 0.5) is 0 Å². The van der Waals surface area contributed by atoms with Crippen molar-refractivity contribution in [2.45, 2.75) is 4.90 Å². The van der Waals surface area contributed by atoms with E-state index >= 15 is 0 Å². The van der Waals surface area contributed by atoms with Crippen molar-refractivity contribution in [2.24, 2.45) is 0 Å². The monoisotopic (exact) mass is 251 g/mol. The lowest BCUT2D eigenvalue weighted by Gasteiger charge is -2.03. The molecule has 1 rings (SSSR count). The number of hydrogen-bond donors (Lipinski definition) is 2. The number of carboxylic acids is 1. The zero-order chi connectivity index (χ0) is 12.7. The molecule has 0 radical (unpaired) electrons. The van der Waals surface area contributed by atoms with Crippen LogP contribution in [0, 0.1) is 0 Å². The first-order valence-electron chi connectivity index (χ1n) is 4.97. The van der Waals surface area contributed by atoms with E-state index in [1.165, 1.54) is 17.8 Å². The molecular weight excluding hydrogens is 238 g/mol. The Balaban J connectivity index is 2.51. The molecule has 1 amide bonds. The summed E-state index contributed by atoms with van der Waals surface area (Å²) in [6.45, 7) is 3.93. The van der Waals surface area contributed by atoms with Crippen molar-refractivity contribution >= 4 is 23.6 Å². The van der Waals surface area contributed by atoms with Crippen LogP contribution in [0.5, 0.6) is 0 Å². The number of aromatic carboxylic acids is 1. The molecule has 0 heterocycles. The van der Waals surface area contributed by atoms with E-state index in [-0.39, 0.29) is 17.2 Å². The number of nitrogens with one attached hydrogen (secondary N) is 1. The molecule has 0 aromatic heterocycles. The van der Waals surface area contributed by atoms with E-state index in [2.05, 4.69) is 11.9 Å². The summed E-state index contributed by atoms with van der Waals surface area (Å²) in [5.74, 6) is -0.809. The lowest BCUT2D eigenvalue weighted by molar-refractivity contribution is -0.118. The Morgan fingerprint density at radius 3 is 2.88 bits per heavy atom. The predicted molar refractivity (Wildman–Crippen MR) is 67.3 cm³/mol. The fourth-order valence-corrected chi connectivity index (χ4v) is 1.89. The van der Waals surface area contributed by atoms with E-state index in [0.717, 1.165) is 4.90 Å². The van der Waals surface area contributed by atoms with Crippen molar-refractivity contribution in [1.82, 2.24) is 5.32 Å². The van der Waals surface area contributed by atoms with Crippen molar-refractivity contribution in [1.29, 1.82) is 0 Å². The maximum atomic E-state index is 11.3. The van der Waals surface area contributed by atoms with Gasteiger partial charge >= 0.3 is 5.97 Å².